The molecule has 1 aliphatic rings. The Hall–Kier alpha value is -2.37. The molecule has 1 atom stereocenters. The summed E-state index contributed by atoms with van der Waals surface area (Å²) in [6.07, 6.45) is 1.08. The van der Waals surface area contributed by atoms with Gasteiger partial charge in [-0.25, -0.2) is 0 Å². The topological polar surface area (TPSA) is 44.8 Å². The number of ether oxygens (including phenoxy) is 1. The Bertz CT molecular complexity index is 710. The lowest BCUT2D eigenvalue weighted by molar-refractivity contribution is -0.121. The fourth-order valence-electron chi connectivity index (χ4n) is 3.39. The molecule has 27 heavy (non-hydrogen) atoms. The number of hydrogen-bond donors (Lipinski definition) is 1. The van der Waals surface area contributed by atoms with Crippen molar-refractivity contribution in [1.29, 1.82) is 0 Å². The van der Waals surface area contributed by atoms with Crippen LogP contribution in [0.25, 0.3) is 0 Å². The van der Waals surface area contributed by atoms with E-state index in [1.165, 1.54) is 5.56 Å². The quantitative estimate of drug-likeness (QED) is 0.817. The summed E-state index contributed by atoms with van der Waals surface area (Å²) in [6, 6.07) is 17.9. The summed E-state index contributed by atoms with van der Waals surface area (Å²) in [6.45, 7) is 6.92. The maximum atomic E-state index is 12.6. The van der Waals surface area contributed by atoms with Gasteiger partial charge in [0.15, 0.2) is 0 Å². The lowest BCUT2D eigenvalue weighted by Crippen LogP contribution is -2.53. The van der Waals surface area contributed by atoms with Gasteiger partial charge in [0, 0.05) is 38.4 Å². The van der Waals surface area contributed by atoms with Gasteiger partial charge in [-0.2, -0.15) is 0 Å². The summed E-state index contributed by atoms with van der Waals surface area (Å²) in [5.74, 6) is 0.825. The zero-order chi connectivity index (χ0) is 19.1. The SMILES string of the molecule is COc1ccc(NC(=O)[C@H](C)N2CCN(CCc3ccccc3)CC2)cc1. The number of methoxy groups -OCH3 is 1. The van der Waals surface area contributed by atoms with Crippen LogP contribution in [0.15, 0.2) is 54.6 Å². The highest BCUT2D eigenvalue weighted by Crippen LogP contribution is 2.16. The number of carbonyl (C=O) groups excluding carboxylic acids is 1. The molecule has 0 unspecified atom stereocenters. The molecule has 0 saturated carbocycles. The smallest absolute Gasteiger partial charge is 0.241 e. The molecule has 0 bridgehead atoms. The number of benzene rings is 2. The average molecular weight is 367 g/mol. The molecule has 1 fully saturated rings. The lowest BCUT2D eigenvalue weighted by atomic mass is 10.1. The first-order valence-electron chi connectivity index (χ1n) is 9.61. The highest BCUT2D eigenvalue weighted by molar-refractivity contribution is 5.94. The summed E-state index contributed by atoms with van der Waals surface area (Å²) in [5.41, 5.74) is 2.18. The second-order valence-electron chi connectivity index (χ2n) is 7.01. The van der Waals surface area contributed by atoms with Crippen LogP contribution < -0.4 is 10.1 Å². The highest BCUT2D eigenvalue weighted by Gasteiger charge is 2.25. The highest BCUT2D eigenvalue weighted by atomic mass is 16.5. The van der Waals surface area contributed by atoms with Crippen molar-refractivity contribution >= 4 is 11.6 Å². The number of nitrogens with zero attached hydrogens (tertiary/aromatic N) is 2. The molecule has 1 heterocycles. The van der Waals surface area contributed by atoms with Crippen LogP contribution in [0.3, 0.4) is 0 Å². The summed E-state index contributed by atoms with van der Waals surface area (Å²) in [5, 5.41) is 3.00. The van der Waals surface area contributed by atoms with E-state index in [0.29, 0.717) is 0 Å². The molecule has 144 valence electrons. The van der Waals surface area contributed by atoms with E-state index in [-0.39, 0.29) is 11.9 Å². The number of rotatable bonds is 7. The molecular formula is C22H29N3O2. The van der Waals surface area contributed by atoms with Crippen LogP contribution in [0.4, 0.5) is 5.69 Å². The summed E-state index contributed by atoms with van der Waals surface area (Å²) in [4.78, 5) is 17.3. The minimum Gasteiger partial charge on any atom is -0.497 e. The Morgan fingerprint density at radius 2 is 1.70 bits per heavy atom. The maximum absolute atomic E-state index is 12.6. The van der Waals surface area contributed by atoms with E-state index in [1.54, 1.807) is 7.11 Å². The lowest BCUT2D eigenvalue weighted by Gasteiger charge is -2.37. The Morgan fingerprint density at radius 3 is 2.33 bits per heavy atom. The minimum absolute atomic E-state index is 0.0397. The largest absolute Gasteiger partial charge is 0.497 e. The monoisotopic (exact) mass is 367 g/mol. The minimum atomic E-state index is -0.136. The number of piperazine rings is 1. The molecule has 0 radical (unpaired) electrons. The van der Waals surface area contributed by atoms with Gasteiger partial charge in [-0.05, 0) is 43.2 Å². The van der Waals surface area contributed by atoms with E-state index in [9.17, 15) is 4.79 Å². The van der Waals surface area contributed by atoms with Crippen molar-refractivity contribution in [2.45, 2.75) is 19.4 Å². The van der Waals surface area contributed by atoms with Crippen LogP contribution in [-0.4, -0.2) is 61.6 Å². The van der Waals surface area contributed by atoms with Gasteiger partial charge in [0.1, 0.15) is 5.75 Å². The first kappa shape index (κ1) is 19.4. The van der Waals surface area contributed by atoms with Gasteiger partial charge in [-0.1, -0.05) is 30.3 Å². The molecule has 0 aliphatic carbocycles. The van der Waals surface area contributed by atoms with E-state index in [2.05, 4.69) is 45.4 Å². The zero-order valence-electron chi connectivity index (χ0n) is 16.2. The van der Waals surface area contributed by atoms with Crippen LogP contribution in [0.5, 0.6) is 5.75 Å². The van der Waals surface area contributed by atoms with Crippen molar-refractivity contribution in [3.05, 3.63) is 60.2 Å². The van der Waals surface area contributed by atoms with Gasteiger partial charge >= 0.3 is 0 Å². The molecule has 1 aliphatic heterocycles. The predicted octanol–water partition coefficient (Wildman–Crippen LogP) is 2.88. The van der Waals surface area contributed by atoms with E-state index in [4.69, 9.17) is 4.74 Å². The van der Waals surface area contributed by atoms with E-state index in [0.717, 1.165) is 50.6 Å². The summed E-state index contributed by atoms with van der Waals surface area (Å²) in [7, 11) is 1.63. The maximum Gasteiger partial charge on any atom is 0.241 e. The molecule has 2 aromatic carbocycles. The molecule has 0 aromatic heterocycles. The Labute approximate surface area is 161 Å². The van der Waals surface area contributed by atoms with Crippen molar-refractivity contribution < 1.29 is 9.53 Å². The van der Waals surface area contributed by atoms with Gasteiger partial charge in [-0.15, -0.1) is 0 Å². The second kappa shape index (κ2) is 9.53. The van der Waals surface area contributed by atoms with Crippen molar-refractivity contribution in [3.63, 3.8) is 0 Å². The molecular weight excluding hydrogens is 338 g/mol. The Balaban J connectivity index is 1.43. The van der Waals surface area contributed by atoms with E-state index in [1.807, 2.05) is 31.2 Å². The van der Waals surface area contributed by atoms with Crippen LogP contribution in [-0.2, 0) is 11.2 Å². The zero-order valence-corrected chi connectivity index (χ0v) is 16.2. The van der Waals surface area contributed by atoms with E-state index >= 15 is 0 Å². The third kappa shape index (κ3) is 5.55. The van der Waals surface area contributed by atoms with Gasteiger partial charge in [-0.3, -0.25) is 9.69 Å². The molecule has 3 rings (SSSR count). The molecule has 0 spiro atoms. The first-order chi connectivity index (χ1) is 13.2. The molecule has 2 aromatic rings. The molecule has 1 N–H and O–H groups in total. The second-order valence-corrected chi connectivity index (χ2v) is 7.01. The van der Waals surface area contributed by atoms with Gasteiger partial charge in [0.05, 0.1) is 13.2 Å². The number of carbonyl (C=O) groups is 1. The van der Waals surface area contributed by atoms with Crippen molar-refractivity contribution in [2.75, 3.05) is 45.2 Å². The molecule has 5 heteroatoms. The fourth-order valence-corrected chi connectivity index (χ4v) is 3.39. The molecule has 1 saturated heterocycles. The molecule has 5 nitrogen and oxygen atoms in total. The van der Waals surface area contributed by atoms with Crippen molar-refractivity contribution in [2.24, 2.45) is 0 Å². The normalized spacial score (nSPS) is 16.7. The summed E-state index contributed by atoms with van der Waals surface area (Å²) < 4.78 is 5.15. The van der Waals surface area contributed by atoms with Crippen LogP contribution >= 0.6 is 0 Å². The van der Waals surface area contributed by atoms with Crippen LogP contribution in [0, 0.1) is 0 Å². The van der Waals surface area contributed by atoms with Crippen LogP contribution in [0.1, 0.15) is 12.5 Å². The summed E-state index contributed by atoms with van der Waals surface area (Å²) >= 11 is 0. The van der Waals surface area contributed by atoms with Gasteiger partial charge < -0.3 is 15.0 Å². The Kier molecular flexibility index (Phi) is 6.85. The number of hydrogen-bond acceptors (Lipinski definition) is 4. The van der Waals surface area contributed by atoms with Crippen molar-refractivity contribution in [3.8, 4) is 5.75 Å². The average Bonchev–Trinajstić information content (AvgIpc) is 2.73. The van der Waals surface area contributed by atoms with Crippen molar-refractivity contribution in [1.82, 2.24) is 9.80 Å². The van der Waals surface area contributed by atoms with E-state index < -0.39 is 0 Å². The number of amides is 1. The number of anilines is 1. The fraction of sp³-hybridized carbons (Fsp3) is 0.409. The number of nitrogens with one attached hydrogen (secondary N) is 1. The first-order valence-corrected chi connectivity index (χ1v) is 9.61. The van der Waals surface area contributed by atoms with Crippen LogP contribution in [0.2, 0.25) is 0 Å². The predicted molar refractivity (Wildman–Crippen MR) is 109 cm³/mol. The standard InChI is InChI=1S/C22H29N3O2/c1-18(22(26)23-20-8-10-21(27-2)11-9-20)25-16-14-24(15-17-25)13-12-19-6-4-3-5-7-19/h3-11,18H,12-17H2,1-2H3,(H,23,26)/t18-/m0/s1. The Morgan fingerprint density at radius 1 is 1.04 bits per heavy atom. The third-order valence-electron chi connectivity index (χ3n) is 5.25. The van der Waals surface area contributed by atoms with Gasteiger partial charge in [0.25, 0.3) is 0 Å². The van der Waals surface area contributed by atoms with Gasteiger partial charge in [0.2, 0.25) is 5.91 Å². The third-order valence-corrected chi connectivity index (χ3v) is 5.25. The molecule has 1 amide bonds.